The first-order chi connectivity index (χ1) is 24.0. The molecule has 13 heteroatoms. The number of imide groups is 1. The zero-order valence-corrected chi connectivity index (χ0v) is 30.0. The molecule has 0 saturated carbocycles. The molecule has 13 nitrogen and oxygen atoms in total. The number of nitro benzene ring substituents is 1. The topological polar surface area (TPSA) is 164 Å². The fourth-order valence-corrected chi connectivity index (χ4v) is 5.18. The number of ether oxygens (including phenoxy) is 2. The van der Waals surface area contributed by atoms with E-state index < -0.39 is 46.4 Å². The Morgan fingerprint density at radius 2 is 1.53 bits per heavy atom. The van der Waals surface area contributed by atoms with E-state index in [1.54, 1.807) is 109 Å². The Bertz CT molecular complexity index is 1840. The second-order valence-electron chi connectivity index (χ2n) is 14.1. The van der Waals surface area contributed by atoms with Crippen LogP contribution in [0.2, 0.25) is 0 Å². The van der Waals surface area contributed by atoms with Crippen molar-refractivity contribution in [2.24, 2.45) is 0 Å². The van der Waals surface area contributed by atoms with Gasteiger partial charge < -0.3 is 19.9 Å². The minimum Gasteiger partial charge on any atom is -0.442 e. The molecule has 4 rings (SSSR count). The van der Waals surface area contributed by atoms with Gasteiger partial charge in [-0.1, -0.05) is 49.4 Å². The van der Waals surface area contributed by atoms with Crippen LogP contribution in [0.25, 0.3) is 10.8 Å². The van der Waals surface area contributed by atoms with Crippen molar-refractivity contribution in [1.29, 1.82) is 0 Å². The van der Waals surface area contributed by atoms with Gasteiger partial charge in [-0.3, -0.25) is 24.9 Å². The van der Waals surface area contributed by atoms with E-state index >= 15 is 0 Å². The molecule has 0 saturated heterocycles. The number of hydrazine groups is 1. The summed E-state index contributed by atoms with van der Waals surface area (Å²) in [7, 11) is 0. The number of hydrogen-bond acceptors (Lipinski definition) is 10. The van der Waals surface area contributed by atoms with Gasteiger partial charge in [0, 0.05) is 36.5 Å². The van der Waals surface area contributed by atoms with Crippen LogP contribution in [0.5, 0.6) is 0 Å². The average Bonchev–Trinajstić information content (AvgIpc) is 3.06. The number of aliphatic hydroxyl groups excluding tert-OH is 1. The molecule has 0 radical (unpaired) electrons. The number of fused-ring (bicyclic) bond motifs is 1. The lowest BCUT2D eigenvalue weighted by Gasteiger charge is -2.40. The summed E-state index contributed by atoms with van der Waals surface area (Å²) in [6.45, 7) is 11.7. The highest BCUT2D eigenvalue weighted by molar-refractivity contribution is 5.95. The number of aromatic nitrogens is 1. The predicted octanol–water partition coefficient (Wildman–Crippen LogP) is 7.41. The molecule has 3 amide bonds. The number of carbonyl (C=O) groups is 3. The molecular formula is C38H45N5O8. The maximum absolute atomic E-state index is 14.6. The van der Waals surface area contributed by atoms with E-state index in [9.17, 15) is 29.6 Å². The number of hydrogen-bond donors (Lipinski definition) is 2. The van der Waals surface area contributed by atoms with Gasteiger partial charge in [-0.2, -0.15) is 0 Å². The third-order valence-electron chi connectivity index (χ3n) is 7.56. The number of nitrogens with zero attached hydrogens (tertiary/aromatic N) is 4. The van der Waals surface area contributed by atoms with Gasteiger partial charge in [0.1, 0.15) is 11.2 Å². The third-order valence-corrected chi connectivity index (χ3v) is 7.56. The molecule has 0 aliphatic carbocycles. The third kappa shape index (κ3) is 10.5. The van der Waals surface area contributed by atoms with Crippen LogP contribution in [0, 0.1) is 10.1 Å². The van der Waals surface area contributed by atoms with Gasteiger partial charge in [-0.05, 0) is 94.7 Å². The maximum atomic E-state index is 14.6. The molecule has 1 heterocycles. The Kier molecular flexibility index (Phi) is 12.0. The molecule has 0 aliphatic rings. The average molecular weight is 700 g/mol. The van der Waals surface area contributed by atoms with Crippen LogP contribution in [-0.4, -0.2) is 55.4 Å². The summed E-state index contributed by atoms with van der Waals surface area (Å²) in [5.74, 6) is -0.644. The van der Waals surface area contributed by atoms with E-state index in [0.717, 1.165) is 10.9 Å². The first-order valence-electron chi connectivity index (χ1n) is 16.6. The van der Waals surface area contributed by atoms with Crippen LogP contribution in [0.3, 0.4) is 0 Å². The predicted molar refractivity (Wildman–Crippen MR) is 193 cm³/mol. The highest BCUT2D eigenvalue weighted by Crippen LogP contribution is 2.34. The van der Waals surface area contributed by atoms with Gasteiger partial charge in [-0.25, -0.2) is 9.59 Å². The lowest BCUT2D eigenvalue weighted by molar-refractivity contribution is -0.384. The monoisotopic (exact) mass is 699 g/mol. The van der Waals surface area contributed by atoms with Crippen molar-refractivity contribution in [3.05, 3.63) is 112 Å². The van der Waals surface area contributed by atoms with Gasteiger partial charge in [0.05, 0.1) is 16.7 Å². The van der Waals surface area contributed by atoms with Crippen molar-refractivity contribution >= 4 is 40.2 Å². The first-order valence-corrected chi connectivity index (χ1v) is 16.6. The number of non-ortho nitro benzene ring substituents is 1. The minimum absolute atomic E-state index is 0.103. The van der Waals surface area contributed by atoms with E-state index in [4.69, 9.17) is 9.47 Å². The second-order valence-corrected chi connectivity index (χ2v) is 14.1. The van der Waals surface area contributed by atoms with Gasteiger partial charge in [0.25, 0.3) is 5.69 Å². The Hall–Kier alpha value is -5.56. The van der Waals surface area contributed by atoms with Crippen LogP contribution in [0.4, 0.5) is 21.0 Å². The molecule has 2 atom stereocenters. The van der Waals surface area contributed by atoms with Gasteiger partial charge in [0.2, 0.25) is 5.91 Å². The number of pyridine rings is 1. The summed E-state index contributed by atoms with van der Waals surface area (Å²) in [5, 5.41) is 28.0. The number of nitrogens with one attached hydrogen (secondary N) is 1. The molecule has 0 aliphatic heterocycles. The molecule has 270 valence electrons. The fraction of sp³-hybridized carbons (Fsp3) is 0.368. The van der Waals surface area contributed by atoms with Crippen molar-refractivity contribution < 1.29 is 33.9 Å². The SMILES string of the molecule is CCC(O)Cc1ccc(C(C(=O)NCc2cccc([N+](=O)[O-])c2)N(c2ccc3cnccc3c2)N(C(=O)OC(C)(C)C)C(=O)OC(C)(C)C)cc1. The number of aliphatic hydroxyl groups is 1. The van der Waals surface area contributed by atoms with Crippen LogP contribution < -0.4 is 10.3 Å². The Labute approximate surface area is 297 Å². The van der Waals surface area contributed by atoms with Crippen LogP contribution in [0.15, 0.2) is 85.2 Å². The smallest absolute Gasteiger partial charge is 0.439 e. The molecule has 2 N–H and O–H groups in total. The molecule has 2 unspecified atom stereocenters. The number of rotatable bonds is 11. The lowest BCUT2D eigenvalue weighted by atomic mass is 9.99. The molecule has 3 aromatic carbocycles. The minimum atomic E-state index is -1.40. The van der Waals surface area contributed by atoms with Gasteiger partial charge >= 0.3 is 12.2 Å². The summed E-state index contributed by atoms with van der Waals surface area (Å²) in [4.78, 5) is 57.9. The van der Waals surface area contributed by atoms with E-state index in [-0.39, 0.29) is 17.9 Å². The Morgan fingerprint density at radius 3 is 2.12 bits per heavy atom. The lowest BCUT2D eigenvalue weighted by Crippen LogP contribution is -2.57. The van der Waals surface area contributed by atoms with Crippen LogP contribution in [-0.2, 0) is 27.2 Å². The number of nitro groups is 1. The van der Waals surface area contributed by atoms with Crippen molar-refractivity contribution in [3.63, 3.8) is 0 Å². The number of anilines is 1. The number of amides is 3. The summed E-state index contributed by atoms with van der Waals surface area (Å²) in [6.07, 6.45) is 1.44. The largest absolute Gasteiger partial charge is 0.442 e. The Morgan fingerprint density at radius 1 is 0.882 bits per heavy atom. The van der Waals surface area contributed by atoms with Gasteiger partial charge in [-0.15, -0.1) is 5.01 Å². The Balaban J connectivity index is 1.94. The van der Waals surface area contributed by atoms with Crippen LogP contribution in [0.1, 0.15) is 77.6 Å². The zero-order valence-electron chi connectivity index (χ0n) is 30.0. The van der Waals surface area contributed by atoms with E-state index in [1.807, 2.05) is 6.92 Å². The standard InChI is InChI=1S/C38H45N5O8/c1-8-32(44)21-25-12-14-27(15-13-25)33(34(45)40-23-26-10-9-11-31(20-26)43(48)49)41(30-17-16-29-24-39-19-18-28(29)22-30)42(35(46)50-37(2,3)4)36(47)51-38(5,6)7/h9-20,22,24,32-33,44H,8,21,23H2,1-7H3,(H,40,45). The van der Waals surface area contributed by atoms with Crippen LogP contribution >= 0.6 is 0 Å². The zero-order chi connectivity index (χ0) is 37.5. The van der Waals surface area contributed by atoms with E-state index in [0.29, 0.717) is 34.4 Å². The molecular weight excluding hydrogens is 654 g/mol. The number of carbonyl (C=O) groups excluding carboxylic acids is 3. The second kappa shape index (κ2) is 16.0. The summed E-state index contributed by atoms with van der Waals surface area (Å²) in [5.41, 5.74) is -0.305. The molecule has 0 bridgehead atoms. The molecule has 4 aromatic rings. The van der Waals surface area contributed by atoms with Crippen molar-refractivity contribution in [2.45, 2.75) is 91.2 Å². The maximum Gasteiger partial charge on any atom is 0.439 e. The highest BCUT2D eigenvalue weighted by atomic mass is 16.6. The molecule has 1 aromatic heterocycles. The quantitative estimate of drug-likeness (QED) is 0.119. The van der Waals surface area contributed by atoms with E-state index in [1.165, 1.54) is 23.2 Å². The molecule has 0 spiro atoms. The molecule has 0 fully saturated rings. The normalized spacial score (nSPS) is 12.8. The molecule has 51 heavy (non-hydrogen) atoms. The summed E-state index contributed by atoms with van der Waals surface area (Å²) in [6, 6.07) is 18.3. The van der Waals surface area contributed by atoms with Crippen molar-refractivity contribution in [1.82, 2.24) is 15.3 Å². The van der Waals surface area contributed by atoms with Crippen molar-refractivity contribution in [2.75, 3.05) is 5.01 Å². The highest BCUT2D eigenvalue weighted by Gasteiger charge is 2.42. The summed E-state index contributed by atoms with van der Waals surface area (Å²) >= 11 is 0. The summed E-state index contributed by atoms with van der Waals surface area (Å²) < 4.78 is 11.5. The first kappa shape index (κ1) is 38.2. The fourth-order valence-electron chi connectivity index (χ4n) is 5.18. The van der Waals surface area contributed by atoms with Gasteiger partial charge in [0.15, 0.2) is 6.04 Å². The van der Waals surface area contributed by atoms with E-state index in [2.05, 4.69) is 10.3 Å². The van der Waals surface area contributed by atoms with Crippen molar-refractivity contribution in [3.8, 4) is 0 Å². The number of benzene rings is 3.